The second-order valence-corrected chi connectivity index (χ2v) is 6.13. The van der Waals surface area contributed by atoms with Gasteiger partial charge in [0.05, 0.1) is 15.2 Å². The van der Waals surface area contributed by atoms with Crippen molar-refractivity contribution >= 4 is 44.2 Å². The molecular weight excluding hydrogens is 282 g/mol. The molecule has 1 aromatic carbocycles. The number of para-hydroxylation sites is 1. The minimum atomic E-state index is -0.123. The molecule has 0 radical (unpaired) electrons. The molecule has 108 valence electrons. The number of carbonyl (C=O) groups is 1. The maximum absolute atomic E-state index is 11.4. The van der Waals surface area contributed by atoms with Gasteiger partial charge in [-0.15, -0.1) is 11.3 Å². The second-order valence-electron chi connectivity index (χ2n) is 5.05. The monoisotopic (exact) mass is 299 g/mol. The SMILES string of the molecule is CCCCc1nc2c(NC(C)=O)nc3ccccc3c2s1. The number of thiazole rings is 1. The number of nitrogens with zero attached hydrogens (tertiary/aromatic N) is 2. The Morgan fingerprint density at radius 3 is 2.86 bits per heavy atom. The molecule has 0 spiro atoms. The summed E-state index contributed by atoms with van der Waals surface area (Å²) in [5.41, 5.74) is 1.69. The van der Waals surface area contributed by atoms with Crippen molar-refractivity contribution in [3.8, 4) is 0 Å². The molecule has 0 bridgehead atoms. The van der Waals surface area contributed by atoms with Gasteiger partial charge in [0.2, 0.25) is 5.91 Å². The number of unbranched alkanes of at least 4 members (excludes halogenated alkanes) is 1. The topological polar surface area (TPSA) is 54.9 Å². The van der Waals surface area contributed by atoms with E-state index in [-0.39, 0.29) is 5.91 Å². The van der Waals surface area contributed by atoms with Gasteiger partial charge in [0.15, 0.2) is 5.82 Å². The molecular formula is C16H17N3OS. The average Bonchev–Trinajstić information content (AvgIpc) is 2.89. The first kappa shape index (κ1) is 13.9. The standard InChI is InChI=1S/C16H17N3OS/c1-3-4-9-13-19-14-15(21-13)11-7-5-6-8-12(11)18-16(14)17-10(2)20/h5-8H,3-4,9H2,1-2H3,(H,17,18,20). The van der Waals surface area contributed by atoms with E-state index in [0.717, 1.165) is 45.4 Å². The average molecular weight is 299 g/mol. The quantitative estimate of drug-likeness (QED) is 0.787. The summed E-state index contributed by atoms with van der Waals surface area (Å²) in [6.45, 7) is 3.67. The summed E-state index contributed by atoms with van der Waals surface area (Å²) < 4.78 is 1.11. The molecule has 0 unspecified atom stereocenters. The molecule has 2 aromatic heterocycles. The fourth-order valence-electron chi connectivity index (χ4n) is 2.33. The highest BCUT2D eigenvalue weighted by atomic mass is 32.1. The van der Waals surface area contributed by atoms with Crippen molar-refractivity contribution < 1.29 is 4.79 Å². The zero-order valence-corrected chi connectivity index (χ0v) is 13.0. The minimum Gasteiger partial charge on any atom is -0.309 e. The van der Waals surface area contributed by atoms with Crippen molar-refractivity contribution in [1.29, 1.82) is 0 Å². The number of benzene rings is 1. The number of anilines is 1. The van der Waals surface area contributed by atoms with E-state index in [1.165, 1.54) is 6.92 Å². The van der Waals surface area contributed by atoms with Gasteiger partial charge in [0.25, 0.3) is 0 Å². The maximum atomic E-state index is 11.4. The van der Waals surface area contributed by atoms with Gasteiger partial charge in [-0.2, -0.15) is 0 Å². The van der Waals surface area contributed by atoms with E-state index in [1.807, 2.05) is 18.2 Å². The van der Waals surface area contributed by atoms with Crippen molar-refractivity contribution in [2.75, 3.05) is 5.32 Å². The minimum absolute atomic E-state index is 0.123. The Hall–Kier alpha value is -2.01. The van der Waals surface area contributed by atoms with Gasteiger partial charge in [-0.1, -0.05) is 31.5 Å². The molecule has 3 rings (SSSR count). The van der Waals surface area contributed by atoms with Crippen LogP contribution in [0.15, 0.2) is 24.3 Å². The molecule has 1 N–H and O–H groups in total. The fraction of sp³-hybridized carbons (Fsp3) is 0.312. The summed E-state index contributed by atoms with van der Waals surface area (Å²) in [6, 6.07) is 7.99. The smallest absolute Gasteiger partial charge is 0.222 e. The van der Waals surface area contributed by atoms with Crippen LogP contribution < -0.4 is 5.32 Å². The molecule has 2 heterocycles. The summed E-state index contributed by atoms with van der Waals surface area (Å²) in [7, 11) is 0. The highest BCUT2D eigenvalue weighted by Gasteiger charge is 2.14. The zero-order chi connectivity index (χ0) is 14.8. The molecule has 0 aliphatic carbocycles. The third kappa shape index (κ3) is 2.74. The second kappa shape index (κ2) is 5.77. The normalized spacial score (nSPS) is 11.1. The third-order valence-electron chi connectivity index (χ3n) is 3.32. The van der Waals surface area contributed by atoms with E-state index in [1.54, 1.807) is 11.3 Å². The van der Waals surface area contributed by atoms with Crippen LogP contribution >= 0.6 is 11.3 Å². The number of aryl methyl sites for hydroxylation is 1. The third-order valence-corrected chi connectivity index (χ3v) is 4.46. The van der Waals surface area contributed by atoms with Crippen LogP contribution in [-0.2, 0) is 11.2 Å². The number of carbonyl (C=O) groups excluding carboxylic acids is 1. The first-order chi connectivity index (χ1) is 10.2. The summed E-state index contributed by atoms with van der Waals surface area (Å²) in [4.78, 5) is 20.6. The van der Waals surface area contributed by atoms with Gasteiger partial charge in [-0.05, 0) is 18.9 Å². The number of hydrogen-bond donors (Lipinski definition) is 1. The molecule has 0 atom stereocenters. The van der Waals surface area contributed by atoms with Gasteiger partial charge in [-0.25, -0.2) is 9.97 Å². The van der Waals surface area contributed by atoms with Crippen molar-refractivity contribution in [2.45, 2.75) is 33.1 Å². The van der Waals surface area contributed by atoms with Crippen LogP contribution in [-0.4, -0.2) is 15.9 Å². The van der Waals surface area contributed by atoms with Crippen molar-refractivity contribution in [3.05, 3.63) is 29.3 Å². The van der Waals surface area contributed by atoms with Gasteiger partial charge in [0.1, 0.15) is 5.52 Å². The lowest BCUT2D eigenvalue weighted by atomic mass is 10.2. The molecule has 0 saturated carbocycles. The van der Waals surface area contributed by atoms with Crippen LogP contribution in [0.2, 0.25) is 0 Å². The Bertz CT molecular complexity index is 810. The van der Waals surface area contributed by atoms with Crippen LogP contribution in [0.1, 0.15) is 31.7 Å². The molecule has 1 amide bonds. The van der Waals surface area contributed by atoms with E-state index < -0.39 is 0 Å². The number of pyridine rings is 1. The van der Waals surface area contributed by atoms with Crippen LogP contribution in [0.5, 0.6) is 0 Å². The summed E-state index contributed by atoms with van der Waals surface area (Å²) in [6.07, 6.45) is 3.25. The Morgan fingerprint density at radius 1 is 1.29 bits per heavy atom. The Balaban J connectivity index is 2.22. The largest absolute Gasteiger partial charge is 0.309 e. The van der Waals surface area contributed by atoms with E-state index >= 15 is 0 Å². The molecule has 4 nitrogen and oxygen atoms in total. The number of aromatic nitrogens is 2. The number of fused-ring (bicyclic) bond motifs is 3. The predicted octanol–water partition coefficient (Wildman–Crippen LogP) is 4.15. The van der Waals surface area contributed by atoms with Gasteiger partial charge in [-0.3, -0.25) is 4.79 Å². The summed E-state index contributed by atoms with van der Waals surface area (Å²) >= 11 is 1.71. The number of nitrogens with one attached hydrogen (secondary N) is 1. The van der Waals surface area contributed by atoms with E-state index in [9.17, 15) is 4.79 Å². The van der Waals surface area contributed by atoms with E-state index in [4.69, 9.17) is 4.98 Å². The van der Waals surface area contributed by atoms with Crippen LogP contribution in [0.25, 0.3) is 21.1 Å². The van der Waals surface area contributed by atoms with Crippen molar-refractivity contribution in [2.24, 2.45) is 0 Å². The predicted molar refractivity (Wildman–Crippen MR) is 87.8 cm³/mol. The molecule has 0 saturated heterocycles. The lowest BCUT2D eigenvalue weighted by Gasteiger charge is -2.04. The summed E-state index contributed by atoms with van der Waals surface area (Å²) in [5.74, 6) is 0.442. The van der Waals surface area contributed by atoms with Crippen molar-refractivity contribution in [3.63, 3.8) is 0 Å². The van der Waals surface area contributed by atoms with Crippen LogP contribution in [0, 0.1) is 0 Å². The van der Waals surface area contributed by atoms with Gasteiger partial charge >= 0.3 is 0 Å². The molecule has 0 fully saturated rings. The Kier molecular flexibility index (Phi) is 3.84. The van der Waals surface area contributed by atoms with Gasteiger partial charge in [0, 0.05) is 12.3 Å². The summed E-state index contributed by atoms with van der Waals surface area (Å²) in [5, 5.41) is 5.01. The van der Waals surface area contributed by atoms with Gasteiger partial charge < -0.3 is 5.32 Å². The number of amides is 1. The molecule has 5 heteroatoms. The van der Waals surface area contributed by atoms with Crippen molar-refractivity contribution in [1.82, 2.24) is 9.97 Å². The Labute approximate surface area is 127 Å². The number of rotatable bonds is 4. The fourth-order valence-corrected chi connectivity index (χ4v) is 3.47. The van der Waals surface area contributed by atoms with Crippen LogP contribution in [0.4, 0.5) is 5.82 Å². The Morgan fingerprint density at radius 2 is 2.10 bits per heavy atom. The highest BCUT2D eigenvalue weighted by Crippen LogP contribution is 2.34. The maximum Gasteiger partial charge on any atom is 0.222 e. The first-order valence-electron chi connectivity index (χ1n) is 7.14. The first-order valence-corrected chi connectivity index (χ1v) is 7.96. The highest BCUT2D eigenvalue weighted by molar-refractivity contribution is 7.19. The zero-order valence-electron chi connectivity index (χ0n) is 12.1. The van der Waals surface area contributed by atoms with E-state index in [0.29, 0.717) is 5.82 Å². The lowest BCUT2D eigenvalue weighted by Crippen LogP contribution is -2.08. The van der Waals surface area contributed by atoms with E-state index in [2.05, 4.69) is 23.3 Å². The van der Waals surface area contributed by atoms with Crippen LogP contribution in [0.3, 0.4) is 0 Å². The number of hydrogen-bond acceptors (Lipinski definition) is 4. The molecule has 0 aliphatic rings. The molecule has 0 aliphatic heterocycles. The molecule has 21 heavy (non-hydrogen) atoms. The lowest BCUT2D eigenvalue weighted by molar-refractivity contribution is -0.114. The molecule has 3 aromatic rings.